The maximum atomic E-state index is 12.4. The number of urea groups is 1. The van der Waals surface area contributed by atoms with Crippen LogP contribution in [0.15, 0.2) is 10.9 Å². The molecule has 8 nitrogen and oxygen atoms in total. The molecule has 3 heterocycles. The van der Waals surface area contributed by atoms with Crippen molar-refractivity contribution in [2.24, 2.45) is 0 Å². The Hall–Kier alpha value is -2.12. The van der Waals surface area contributed by atoms with E-state index in [1.54, 1.807) is 21.7 Å². The average molecular weight is 293 g/mol. The fourth-order valence-corrected chi connectivity index (χ4v) is 2.89. The molecule has 1 atom stereocenters. The SMILES string of the molecule is CN1CCN(CC(=O)N2CCCC(c3ncon3)C2)C1=O. The summed E-state index contributed by atoms with van der Waals surface area (Å²) in [7, 11) is 1.75. The van der Waals surface area contributed by atoms with Gasteiger partial charge in [0.25, 0.3) is 0 Å². The second-order valence-corrected chi connectivity index (χ2v) is 5.59. The standard InChI is InChI=1S/C13H19N5O3/c1-16-5-6-18(13(16)20)8-11(19)17-4-2-3-10(7-17)12-14-9-21-15-12/h9-10H,2-8H2,1H3. The highest BCUT2D eigenvalue weighted by Crippen LogP contribution is 2.24. The van der Waals surface area contributed by atoms with E-state index in [0.717, 1.165) is 19.4 Å². The van der Waals surface area contributed by atoms with Crippen LogP contribution in [-0.4, -0.2) is 76.6 Å². The minimum absolute atomic E-state index is 0.00755. The van der Waals surface area contributed by atoms with E-state index in [-0.39, 0.29) is 24.4 Å². The van der Waals surface area contributed by atoms with Gasteiger partial charge in [-0.05, 0) is 12.8 Å². The first-order valence-electron chi connectivity index (χ1n) is 7.19. The molecule has 3 amide bonds. The number of carbonyl (C=O) groups excluding carboxylic acids is 2. The average Bonchev–Trinajstić information content (AvgIpc) is 3.13. The zero-order valence-electron chi connectivity index (χ0n) is 12.1. The van der Waals surface area contributed by atoms with E-state index in [1.165, 1.54) is 6.39 Å². The summed E-state index contributed by atoms with van der Waals surface area (Å²) >= 11 is 0. The minimum atomic E-state index is -0.0740. The first-order valence-corrected chi connectivity index (χ1v) is 7.19. The minimum Gasteiger partial charge on any atom is -0.343 e. The number of hydrogen-bond donors (Lipinski definition) is 0. The van der Waals surface area contributed by atoms with Gasteiger partial charge in [0.1, 0.15) is 6.54 Å². The number of piperidine rings is 1. The molecule has 114 valence electrons. The van der Waals surface area contributed by atoms with Crippen molar-refractivity contribution in [2.45, 2.75) is 18.8 Å². The molecule has 2 aliphatic rings. The molecule has 0 spiro atoms. The normalized spacial score (nSPS) is 23.0. The third kappa shape index (κ3) is 2.84. The van der Waals surface area contributed by atoms with Crippen molar-refractivity contribution in [1.82, 2.24) is 24.8 Å². The summed E-state index contributed by atoms with van der Waals surface area (Å²) < 4.78 is 4.77. The van der Waals surface area contributed by atoms with E-state index >= 15 is 0 Å². The zero-order chi connectivity index (χ0) is 14.8. The Morgan fingerprint density at radius 1 is 1.43 bits per heavy atom. The van der Waals surface area contributed by atoms with Crippen LogP contribution in [-0.2, 0) is 4.79 Å². The first-order chi connectivity index (χ1) is 10.1. The predicted octanol–water partition coefficient (Wildman–Crippen LogP) is 0.143. The molecule has 0 radical (unpaired) electrons. The van der Waals surface area contributed by atoms with Gasteiger partial charge >= 0.3 is 6.03 Å². The van der Waals surface area contributed by atoms with Gasteiger partial charge in [-0.25, -0.2) is 4.79 Å². The van der Waals surface area contributed by atoms with Gasteiger partial charge in [0.15, 0.2) is 5.82 Å². The summed E-state index contributed by atoms with van der Waals surface area (Å²) in [5, 5.41) is 3.86. The molecule has 2 fully saturated rings. The summed E-state index contributed by atoms with van der Waals surface area (Å²) in [6.07, 6.45) is 3.18. The molecule has 8 heteroatoms. The number of hydrogen-bond acceptors (Lipinski definition) is 5. The number of nitrogens with zero attached hydrogens (tertiary/aromatic N) is 5. The van der Waals surface area contributed by atoms with Gasteiger partial charge < -0.3 is 19.2 Å². The van der Waals surface area contributed by atoms with E-state index in [4.69, 9.17) is 4.52 Å². The lowest BCUT2D eigenvalue weighted by molar-refractivity contribution is -0.132. The van der Waals surface area contributed by atoms with Crippen LogP contribution in [0.2, 0.25) is 0 Å². The molecule has 2 aliphatic heterocycles. The van der Waals surface area contributed by atoms with Gasteiger partial charge in [-0.3, -0.25) is 4.79 Å². The van der Waals surface area contributed by atoms with E-state index < -0.39 is 0 Å². The highest BCUT2D eigenvalue weighted by atomic mass is 16.5. The fraction of sp³-hybridized carbons (Fsp3) is 0.692. The van der Waals surface area contributed by atoms with E-state index in [1.807, 2.05) is 0 Å². The first kappa shape index (κ1) is 13.8. The van der Waals surface area contributed by atoms with Crippen molar-refractivity contribution in [2.75, 3.05) is 39.8 Å². The Morgan fingerprint density at radius 2 is 2.29 bits per heavy atom. The number of rotatable bonds is 3. The van der Waals surface area contributed by atoms with Crippen molar-refractivity contribution >= 4 is 11.9 Å². The van der Waals surface area contributed by atoms with Gasteiger partial charge in [-0.1, -0.05) is 5.16 Å². The lowest BCUT2D eigenvalue weighted by Crippen LogP contribution is -2.45. The van der Waals surface area contributed by atoms with Crippen molar-refractivity contribution < 1.29 is 14.1 Å². The predicted molar refractivity (Wildman–Crippen MR) is 72.5 cm³/mol. The Labute approximate surface area is 122 Å². The molecule has 0 N–H and O–H groups in total. The molecular formula is C13H19N5O3. The fourth-order valence-electron chi connectivity index (χ4n) is 2.89. The lowest BCUT2D eigenvalue weighted by Gasteiger charge is -2.32. The lowest BCUT2D eigenvalue weighted by atomic mass is 9.97. The highest BCUT2D eigenvalue weighted by molar-refractivity contribution is 5.85. The summed E-state index contributed by atoms with van der Waals surface area (Å²) in [6.45, 7) is 2.77. The molecule has 1 aromatic heterocycles. The number of aromatic nitrogens is 2. The molecule has 0 aliphatic carbocycles. The zero-order valence-corrected chi connectivity index (χ0v) is 12.1. The number of likely N-dealkylation sites (tertiary alicyclic amines) is 1. The van der Waals surface area contributed by atoms with Crippen molar-refractivity contribution in [3.8, 4) is 0 Å². The van der Waals surface area contributed by atoms with Crippen molar-refractivity contribution in [3.05, 3.63) is 12.2 Å². The Kier molecular flexibility index (Phi) is 3.76. The third-order valence-corrected chi connectivity index (χ3v) is 4.15. The molecule has 1 aromatic rings. The smallest absolute Gasteiger partial charge is 0.320 e. The van der Waals surface area contributed by atoms with Crippen molar-refractivity contribution in [1.29, 1.82) is 0 Å². The van der Waals surface area contributed by atoms with Crippen LogP contribution < -0.4 is 0 Å². The monoisotopic (exact) mass is 293 g/mol. The summed E-state index contributed by atoms with van der Waals surface area (Å²) in [4.78, 5) is 33.3. The van der Waals surface area contributed by atoms with E-state index in [0.29, 0.717) is 25.5 Å². The number of carbonyl (C=O) groups is 2. The maximum absolute atomic E-state index is 12.4. The van der Waals surface area contributed by atoms with Crippen LogP contribution in [0.3, 0.4) is 0 Å². The van der Waals surface area contributed by atoms with Gasteiger partial charge in [0, 0.05) is 39.1 Å². The van der Waals surface area contributed by atoms with Crippen LogP contribution in [0.4, 0.5) is 4.79 Å². The highest BCUT2D eigenvalue weighted by Gasteiger charge is 2.31. The number of likely N-dealkylation sites (N-methyl/N-ethyl adjacent to an activating group) is 1. The van der Waals surface area contributed by atoms with Crippen LogP contribution in [0.5, 0.6) is 0 Å². The largest absolute Gasteiger partial charge is 0.343 e. The van der Waals surface area contributed by atoms with Crippen molar-refractivity contribution in [3.63, 3.8) is 0 Å². The summed E-state index contributed by atoms with van der Waals surface area (Å²) in [6, 6.07) is -0.0740. The van der Waals surface area contributed by atoms with Gasteiger partial charge in [-0.2, -0.15) is 4.98 Å². The van der Waals surface area contributed by atoms with Crippen LogP contribution in [0.1, 0.15) is 24.6 Å². The Balaban J connectivity index is 1.58. The van der Waals surface area contributed by atoms with E-state index in [9.17, 15) is 9.59 Å². The van der Waals surface area contributed by atoms with Gasteiger partial charge in [-0.15, -0.1) is 0 Å². The van der Waals surface area contributed by atoms with Crippen LogP contribution in [0, 0.1) is 0 Å². The Morgan fingerprint density at radius 3 is 2.95 bits per heavy atom. The summed E-state index contributed by atoms with van der Waals surface area (Å²) in [5.74, 6) is 0.773. The second kappa shape index (κ2) is 5.71. The molecule has 21 heavy (non-hydrogen) atoms. The second-order valence-electron chi connectivity index (χ2n) is 5.59. The maximum Gasteiger partial charge on any atom is 0.320 e. The molecule has 0 aromatic carbocycles. The molecule has 1 unspecified atom stereocenters. The quantitative estimate of drug-likeness (QED) is 0.792. The summed E-state index contributed by atoms with van der Waals surface area (Å²) in [5.41, 5.74) is 0. The Bertz CT molecular complexity index is 518. The molecule has 3 rings (SSSR count). The molecule has 0 bridgehead atoms. The molecule has 0 saturated carbocycles. The van der Waals surface area contributed by atoms with Gasteiger partial charge in [0.05, 0.1) is 0 Å². The molecular weight excluding hydrogens is 274 g/mol. The van der Waals surface area contributed by atoms with Crippen LogP contribution >= 0.6 is 0 Å². The third-order valence-electron chi connectivity index (χ3n) is 4.15. The molecule has 2 saturated heterocycles. The van der Waals surface area contributed by atoms with Crippen LogP contribution in [0.25, 0.3) is 0 Å². The van der Waals surface area contributed by atoms with E-state index in [2.05, 4.69) is 10.1 Å². The topological polar surface area (TPSA) is 82.8 Å². The van der Waals surface area contributed by atoms with Gasteiger partial charge in [0.2, 0.25) is 12.3 Å². The number of amides is 3.